The van der Waals surface area contributed by atoms with Gasteiger partial charge in [-0.1, -0.05) is 19.9 Å². The standard InChI is InChI=1S/C16H21N3O2/c1-11(2)5-13(17)14-7-18-9-19(14)8-12-3-4-15-16(6-12)21-10-20-15/h3-4,6-7,9,11,13H,5,8,10,17H2,1-2H3. The molecule has 0 saturated heterocycles. The highest BCUT2D eigenvalue weighted by Crippen LogP contribution is 2.33. The third-order valence-corrected chi connectivity index (χ3v) is 3.64. The number of hydrogen-bond acceptors (Lipinski definition) is 4. The summed E-state index contributed by atoms with van der Waals surface area (Å²) in [6.45, 7) is 5.39. The second-order valence-electron chi connectivity index (χ2n) is 5.87. The molecule has 0 fully saturated rings. The average molecular weight is 287 g/mol. The first kappa shape index (κ1) is 13.9. The predicted molar refractivity (Wildman–Crippen MR) is 80.3 cm³/mol. The summed E-state index contributed by atoms with van der Waals surface area (Å²) in [5, 5.41) is 0. The van der Waals surface area contributed by atoms with Crippen LogP contribution in [0.15, 0.2) is 30.7 Å². The highest BCUT2D eigenvalue weighted by atomic mass is 16.7. The van der Waals surface area contributed by atoms with E-state index in [2.05, 4.69) is 23.4 Å². The molecule has 1 atom stereocenters. The lowest BCUT2D eigenvalue weighted by atomic mass is 10.0. The van der Waals surface area contributed by atoms with Crippen LogP contribution in [0.1, 0.15) is 37.6 Å². The molecule has 0 bridgehead atoms. The van der Waals surface area contributed by atoms with Gasteiger partial charge < -0.3 is 19.8 Å². The summed E-state index contributed by atoms with van der Waals surface area (Å²) in [6.07, 6.45) is 4.65. The summed E-state index contributed by atoms with van der Waals surface area (Å²) in [4.78, 5) is 4.25. The molecule has 1 aliphatic heterocycles. The topological polar surface area (TPSA) is 62.3 Å². The van der Waals surface area contributed by atoms with Crippen molar-refractivity contribution in [2.75, 3.05) is 6.79 Å². The maximum atomic E-state index is 6.28. The first-order valence-corrected chi connectivity index (χ1v) is 7.27. The zero-order chi connectivity index (χ0) is 14.8. The van der Waals surface area contributed by atoms with Gasteiger partial charge in [0.1, 0.15) is 0 Å². The molecule has 0 saturated carbocycles. The molecule has 1 aliphatic rings. The largest absolute Gasteiger partial charge is 0.454 e. The second kappa shape index (κ2) is 5.77. The molecule has 2 heterocycles. The van der Waals surface area contributed by atoms with E-state index in [1.807, 2.05) is 30.7 Å². The fourth-order valence-electron chi connectivity index (χ4n) is 2.64. The highest BCUT2D eigenvalue weighted by molar-refractivity contribution is 5.44. The van der Waals surface area contributed by atoms with Gasteiger partial charge in [-0.15, -0.1) is 0 Å². The summed E-state index contributed by atoms with van der Waals surface area (Å²) < 4.78 is 12.9. The number of fused-ring (bicyclic) bond motifs is 1. The van der Waals surface area contributed by atoms with Gasteiger partial charge in [0.15, 0.2) is 11.5 Å². The fourth-order valence-corrected chi connectivity index (χ4v) is 2.64. The van der Waals surface area contributed by atoms with E-state index < -0.39 is 0 Å². The first-order chi connectivity index (χ1) is 10.1. The molecule has 2 aromatic rings. The van der Waals surface area contributed by atoms with Crippen molar-refractivity contribution in [1.29, 1.82) is 0 Å². The third kappa shape index (κ3) is 3.03. The van der Waals surface area contributed by atoms with Crippen LogP contribution in [0.25, 0.3) is 0 Å². The monoisotopic (exact) mass is 287 g/mol. The van der Waals surface area contributed by atoms with Crippen LogP contribution in [0.2, 0.25) is 0 Å². The molecule has 0 radical (unpaired) electrons. The molecule has 1 unspecified atom stereocenters. The number of rotatable bonds is 5. The van der Waals surface area contributed by atoms with E-state index in [-0.39, 0.29) is 6.04 Å². The minimum Gasteiger partial charge on any atom is -0.454 e. The Morgan fingerprint density at radius 3 is 2.90 bits per heavy atom. The molecular formula is C16H21N3O2. The van der Waals surface area contributed by atoms with Crippen molar-refractivity contribution < 1.29 is 9.47 Å². The normalized spacial score (nSPS) is 14.7. The zero-order valence-corrected chi connectivity index (χ0v) is 12.5. The van der Waals surface area contributed by atoms with Gasteiger partial charge >= 0.3 is 0 Å². The lowest BCUT2D eigenvalue weighted by Crippen LogP contribution is -2.17. The molecule has 0 amide bonds. The maximum absolute atomic E-state index is 6.28. The number of nitrogens with two attached hydrogens (primary N) is 1. The van der Waals surface area contributed by atoms with Crippen molar-refractivity contribution in [1.82, 2.24) is 9.55 Å². The van der Waals surface area contributed by atoms with Gasteiger partial charge in [0, 0.05) is 18.8 Å². The second-order valence-corrected chi connectivity index (χ2v) is 5.87. The summed E-state index contributed by atoms with van der Waals surface area (Å²) in [7, 11) is 0. The zero-order valence-electron chi connectivity index (χ0n) is 12.5. The lowest BCUT2D eigenvalue weighted by molar-refractivity contribution is 0.174. The molecule has 2 N–H and O–H groups in total. The minimum atomic E-state index is 0.0153. The highest BCUT2D eigenvalue weighted by Gasteiger charge is 2.16. The Hall–Kier alpha value is -2.01. The average Bonchev–Trinajstić information content (AvgIpc) is 3.05. The molecule has 21 heavy (non-hydrogen) atoms. The van der Waals surface area contributed by atoms with Crippen LogP contribution >= 0.6 is 0 Å². The Balaban J connectivity index is 1.78. The summed E-state index contributed by atoms with van der Waals surface area (Å²) >= 11 is 0. The Labute approximate surface area is 124 Å². The molecule has 5 heteroatoms. The summed E-state index contributed by atoms with van der Waals surface area (Å²) in [5.41, 5.74) is 8.50. The van der Waals surface area contributed by atoms with Gasteiger partial charge in [-0.05, 0) is 30.0 Å². The lowest BCUT2D eigenvalue weighted by Gasteiger charge is -2.16. The Kier molecular flexibility index (Phi) is 3.84. The number of imidazole rings is 1. The molecule has 0 spiro atoms. The molecular weight excluding hydrogens is 266 g/mol. The van der Waals surface area contributed by atoms with Crippen molar-refractivity contribution in [2.24, 2.45) is 11.7 Å². The smallest absolute Gasteiger partial charge is 0.231 e. The molecule has 112 valence electrons. The number of benzene rings is 1. The van der Waals surface area contributed by atoms with E-state index in [9.17, 15) is 0 Å². The van der Waals surface area contributed by atoms with Crippen LogP contribution in [0.4, 0.5) is 0 Å². The molecule has 5 nitrogen and oxygen atoms in total. The van der Waals surface area contributed by atoms with Crippen molar-refractivity contribution in [2.45, 2.75) is 32.9 Å². The number of ether oxygens (including phenoxy) is 2. The summed E-state index contributed by atoms with van der Waals surface area (Å²) in [5.74, 6) is 2.18. The quantitative estimate of drug-likeness (QED) is 0.918. The van der Waals surface area contributed by atoms with E-state index in [0.717, 1.165) is 35.7 Å². The molecule has 3 rings (SSSR count). The Bertz CT molecular complexity index is 622. The van der Waals surface area contributed by atoms with E-state index in [1.165, 1.54) is 0 Å². The van der Waals surface area contributed by atoms with Crippen molar-refractivity contribution in [3.05, 3.63) is 42.0 Å². The van der Waals surface area contributed by atoms with Crippen LogP contribution in [0.3, 0.4) is 0 Å². The van der Waals surface area contributed by atoms with Crippen molar-refractivity contribution >= 4 is 0 Å². The van der Waals surface area contributed by atoms with Crippen LogP contribution in [-0.4, -0.2) is 16.3 Å². The summed E-state index contributed by atoms with van der Waals surface area (Å²) in [6, 6.07) is 6.02. The van der Waals surface area contributed by atoms with Crippen LogP contribution in [0, 0.1) is 5.92 Å². The van der Waals surface area contributed by atoms with Crippen molar-refractivity contribution in [3.63, 3.8) is 0 Å². The van der Waals surface area contributed by atoms with E-state index >= 15 is 0 Å². The van der Waals surface area contributed by atoms with Crippen molar-refractivity contribution in [3.8, 4) is 11.5 Å². The van der Waals surface area contributed by atoms with Gasteiger partial charge in [0.25, 0.3) is 0 Å². The van der Waals surface area contributed by atoms with Gasteiger partial charge in [-0.2, -0.15) is 0 Å². The SMILES string of the molecule is CC(C)CC(N)c1cncn1Cc1ccc2c(c1)OCO2. The van der Waals surface area contributed by atoms with Crippen LogP contribution in [0.5, 0.6) is 11.5 Å². The minimum absolute atomic E-state index is 0.0153. The maximum Gasteiger partial charge on any atom is 0.231 e. The van der Waals surface area contributed by atoms with E-state index in [0.29, 0.717) is 12.7 Å². The first-order valence-electron chi connectivity index (χ1n) is 7.27. The van der Waals surface area contributed by atoms with Crippen LogP contribution < -0.4 is 15.2 Å². The third-order valence-electron chi connectivity index (χ3n) is 3.64. The fraction of sp³-hybridized carbons (Fsp3) is 0.438. The van der Waals surface area contributed by atoms with Gasteiger partial charge in [0.05, 0.1) is 12.0 Å². The Morgan fingerprint density at radius 2 is 2.10 bits per heavy atom. The van der Waals surface area contributed by atoms with Gasteiger partial charge in [0.2, 0.25) is 6.79 Å². The van der Waals surface area contributed by atoms with Crippen LogP contribution in [-0.2, 0) is 6.54 Å². The van der Waals surface area contributed by atoms with Gasteiger partial charge in [-0.25, -0.2) is 4.98 Å². The number of aromatic nitrogens is 2. The van der Waals surface area contributed by atoms with E-state index in [1.54, 1.807) is 0 Å². The Morgan fingerprint density at radius 1 is 1.29 bits per heavy atom. The number of nitrogens with zero attached hydrogens (tertiary/aromatic N) is 2. The number of hydrogen-bond donors (Lipinski definition) is 1. The molecule has 1 aromatic carbocycles. The predicted octanol–water partition coefficient (Wildman–Crippen LogP) is 2.71. The van der Waals surface area contributed by atoms with Gasteiger partial charge in [-0.3, -0.25) is 0 Å². The van der Waals surface area contributed by atoms with E-state index in [4.69, 9.17) is 15.2 Å². The molecule has 1 aromatic heterocycles. The molecule has 0 aliphatic carbocycles.